The fourth-order valence-electron chi connectivity index (χ4n) is 1.28. The van der Waals surface area contributed by atoms with Crippen LogP contribution in [0.1, 0.15) is 19.5 Å². The summed E-state index contributed by atoms with van der Waals surface area (Å²) in [4.78, 5) is 19.9. The summed E-state index contributed by atoms with van der Waals surface area (Å²) in [6.45, 7) is 5.38. The lowest BCUT2D eigenvalue weighted by Gasteiger charge is -2.22. The van der Waals surface area contributed by atoms with Crippen molar-refractivity contribution in [2.75, 3.05) is 17.7 Å². The van der Waals surface area contributed by atoms with E-state index in [1.165, 1.54) is 0 Å². The van der Waals surface area contributed by atoms with Crippen molar-refractivity contribution in [3.63, 3.8) is 0 Å². The van der Waals surface area contributed by atoms with Gasteiger partial charge in [-0.05, 0) is 20.8 Å². The van der Waals surface area contributed by atoms with E-state index in [1.54, 1.807) is 18.9 Å². The Bertz CT molecular complexity index is 419. The molecule has 0 bridgehead atoms. The van der Waals surface area contributed by atoms with Gasteiger partial charge in [0.05, 0.1) is 4.92 Å². The minimum Gasteiger partial charge on any atom is -0.368 e. The average molecular weight is 225 g/mol. The molecule has 7 heteroatoms. The monoisotopic (exact) mass is 225 g/mol. The maximum absolute atomic E-state index is 10.9. The Labute approximate surface area is 93.4 Å². The highest BCUT2D eigenvalue weighted by Crippen LogP contribution is 2.29. The zero-order chi connectivity index (χ0) is 12.5. The fourth-order valence-corrected chi connectivity index (χ4v) is 1.28. The van der Waals surface area contributed by atoms with E-state index < -0.39 is 4.92 Å². The Kier molecular flexibility index (Phi) is 3.26. The molecule has 16 heavy (non-hydrogen) atoms. The van der Waals surface area contributed by atoms with Gasteiger partial charge < -0.3 is 10.6 Å². The van der Waals surface area contributed by atoms with E-state index in [0.717, 1.165) is 0 Å². The first-order valence-electron chi connectivity index (χ1n) is 4.86. The second-order valence-corrected chi connectivity index (χ2v) is 3.80. The summed E-state index contributed by atoms with van der Waals surface area (Å²) in [7, 11) is 1.74. The summed E-state index contributed by atoms with van der Waals surface area (Å²) >= 11 is 0. The van der Waals surface area contributed by atoms with Gasteiger partial charge in [-0.1, -0.05) is 0 Å². The van der Waals surface area contributed by atoms with Crippen LogP contribution < -0.4 is 10.6 Å². The summed E-state index contributed by atoms with van der Waals surface area (Å²) in [5.41, 5.74) is 5.68. The summed E-state index contributed by atoms with van der Waals surface area (Å²) in [6, 6.07) is 0.0902. The number of nitrogens with zero attached hydrogens (tertiary/aromatic N) is 4. The Balaban J connectivity index is 3.40. The Morgan fingerprint density at radius 3 is 2.44 bits per heavy atom. The molecule has 1 aromatic heterocycles. The summed E-state index contributed by atoms with van der Waals surface area (Å²) in [5, 5.41) is 10.9. The zero-order valence-electron chi connectivity index (χ0n) is 9.76. The molecule has 0 aliphatic heterocycles. The first kappa shape index (κ1) is 12.2. The van der Waals surface area contributed by atoms with Crippen LogP contribution in [0, 0.1) is 17.0 Å². The molecule has 1 rings (SSSR count). The smallest absolute Gasteiger partial charge is 0.332 e. The predicted octanol–water partition coefficient (Wildman–Crippen LogP) is 1.12. The van der Waals surface area contributed by atoms with Gasteiger partial charge in [0.2, 0.25) is 11.8 Å². The molecular formula is C9H15N5O2. The maximum atomic E-state index is 10.9. The van der Waals surface area contributed by atoms with Crippen molar-refractivity contribution in [3.8, 4) is 0 Å². The number of nitrogen functional groups attached to an aromatic ring is 1. The molecule has 0 aliphatic carbocycles. The second kappa shape index (κ2) is 4.30. The molecule has 1 heterocycles. The molecular weight excluding hydrogens is 210 g/mol. The molecule has 0 aliphatic rings. The van der Waals surface area contributed by atoms with E-state index in [0.29, 0.717) is 0 Å². The molecule has 0 fully saturated rings. The molecule has 2 N–H and O–H groups in total. The van der Waals surface area contributed by atoms with Crippen LogP contribution in [0.4, 0.5) is 17.5 Å². The lowest BCUT2D eigenvalue weighted by Crippen LogP contribution is -2.28. The first-order valence-corrected chi connectivity index (χ1v) is 4.86. The highest BCUT2D eigenvalue weighted by molar-refractivity contribution is 5.61. The Morgan fingerprint density at radius 1 is 1.44 bits per heavy atom. The lowest BCUT2D eigenvalue weighted by atomic mass is 10.3. The number of aromatic nitrogens is 2. The molecule has 88 valence electrons. The van der Waals surface area contributed by atoms with E-state index in [1.807, 2.05) is 13.8 Å². The number of hydrogen-bond acceptors (Lipinski definition) is 6. The molecule has 0 atom stereocenters. The number of anilines is 2. The van der Waals surface area contributed by atoms with Gasteiger partial charge >= 0.3 is 5.69 Å². The summed E-state index contributed by atoms with van der Waals surface area (Å²) < 4.78 is 0. The zero-order valence-corrected chi connectivity index (χ0v) is 9.76. The van der Waals surface area contributed by atoms with Gasteiger partial charge in [-0.25, -0.2) is 4.98 Å². The van der Waals surface area contributed by atoms with Crippen molar-refractivity contribution in [1.29, 1.82) is 0 Å². The van der Waals surface area contributed by atoms with Crippen LogP contribution in [0.5, 0.6) is 0 Å². The van der Waals surface area contributed by atoms with Crippen molar-refractivity contribution < 1.29 is 4.92 Å². The fraction of sp³-hybridized carbons (Fsp3) is 0.556. The minimum atomic E-state index is -0.483. The maximum Gasteiger partial charge on any atom is 0.332 e. The number of nitro groups is 1. The Hall–Kier alpha value is -1.92. The normalized spacial score (nSPS) is 10.6. The first-order chi connectivity index (χ1) is 7.34. The van der Waals surface area contributed by atoms with Crippen molar-refractivity contribution >= 4 is 17.5 Å². The van der Waals surface area contributed by atoms with Gasteiger partial charge in [0.1, 0.15) is 5.69 Å². The standard InChI is InChI=1S/C9H15N5O2/c1-5(2)13(4)8-7(14(15)16)6(3)11-9(10)12-8/h5H,1-4H3,(H2,10,11,12). The number of rotatable bonds is 3. The third kappa shape index (κ3) is 2.18. The molecule has 0 unspecified atom stereocenters. The van der Waals surface area contributed by atoms with Crippen LogP contribution >= 0.6 is 0 Å². The predicted molar refractivity (Wildman–Crippen MR) is 61.4 cm³/mol. The molecule has 0 amide bonds. The van der Waals surface area contributed by atoms with Gasteiger partial charge in [0, 0.05) is 13.1 Å². The van der Waals surface area contributed by atoms with Crippen molar-refractivity contribution in [3.05, 3.63) is 15.8 Å². The number of aryl methyl sites for hydroxylation is 1. The van der Waals surface area contributed by atoms with Gasteiger partial charge in [-0.15, -0.1) is 0 Å². The van der Waals surface area contributed by atoms with Crippen molar-refractivity contribution in [1.82, 2.24) is 9.97 Å². The van der Waals surface area contributed by atoms with Crippen LogP contribution in [0.2, 0.25) is 0 Å². The van der Waals surface area contributed by atoms with Crippen LogP contribution in [0.25, 0.3) is 0 Å². The highest BCUT2D eigenvalue weighted by atomic mass is 16.6. The molecule has 0 aromatic carbocycles. The Morgan fingerprint density at radius 2 is 2.00 bits per heavy atom. The van der Waals surface area contributed by atoms with Crippen LogP contribution in [0.15, 0.2) is 0 Å². The number of nitrogens with two attached hydrogens (primary N) is 1. The minimum absolute atomic E-state index is 0.0469. The van der Waals surface area contributed by atoms with Gasteiger partial charge in [0.25, 0.3) is 0 Å². The van der Waals surface area contributed by atoms with Crippen LogP contribution in [-0.4, -0.2) is 28.0 Å². The molecule has 7 nitrogen and oxygen atoms in total. The SMILES string of the molecule is Cc1nc(N)nc(N(C)C(C)C)c1[N+](=O)[O-]. The lowest BCUT2D eigenvalue weighted by molar-refractivity contribution is -0.385. The molecule has 0 saturated heterocycles. The van der Waals surface area contributed by atoms with Gasteiger partial charge in [-0.2, -0.15) is 4.98 Å². The van der Waals surface area contributed by atoms with Gasteiger partial charge in [-0.3, -0.25) is 10.1 Å². The van der Waals surface area contributed by atoms with Crippen LogP contribution in [0.3, 0.4) is 0 Å². The van der Waals surface area contributed by atoms with Crippen LogP contribution in [-0.2, 0) is 0 Å². The van der Waals surface area contributed by atoms with E-state index in [9.17, 15) is 10.1 Å². The summed E-state index contributed by atoms with van der Waals surface area (Å²) in [5.74, 6) is 0.301. The third-order valence-corrected chi connectivity index (χ3v) is 2.35. The second-order valence-electron chi connectivity index (χ2n) is 3.80. The van der Waals surface area contributed by atoms with Gasteiger partial charge in [0.15, 0.2) is 0 Å². The molecule has 0 spiro atoms. The molecule has 0 radical (unpaired) electrons. The summed E-state index contributed by atoms with van der Waals surface area (Å²) in [6.07, 6.45) is 0. The molecule has 0 saturated carbocycles. The van der Waals surface area contributed by atoms with E-state index in [-0.39, 0.29) is 29.2 Å². The van der Waals surface area contributed by atoms with E-state index in [2.05, 4.69) is 9.97 Å². The molecule has 1 aromatic rings. The quantitative estimate of drug-likeness (QED) is 0.611. The van der Waals surface area contributed by atoms with E-state index >= 15 is 0 Å². The topological polar surface area (TPSA) is 98.2 Å². The average Bonchev–Trinajstić information content (AvgIpc) is 2.14. The highest BCUT2D eigenvalue weighted by Gasteiger charge is 2.25. The largest absolute Gasteiger partial charge is 0.368 e. The van der Waals surface area contributed by atoms with Crippen molar-refractivity contribution in [2.45, 2.75) is 26.8 Å². The van der Waals surface area contributed by atoms with Crippen molar-refractivity contribution in [2.24, 2.45) is 0 Å². The van der Waals surface area contributed by atoms with E-state index in [4.69, 9.17) is 5.73 Å². The third-order valence-electron chi connectivity index (χ3n) is 2.35. The number of hydrogen-bond donors (Lipinski definition) is 1.